The number of nitrogens with one attached hydrogen (secondary N) is 2. The van der Waals surface area contributed by atoms with E-state index < -0.39 is 12.1 Å². The number of carbonyl (C=O) groups excluding carboxylic acids is 3. The monoisotopic (exact) mass is 381 g/mol. The molecule has 2 N–H and O–H groups in total. The molecule has 0 aromatic heterocycles. The van der Waals surface area contributed by atoms with Crippen molar-refractivity contribution in [1.82, 2.24) is 15.5 Å². The lowest BCUT2D eigenvalue weighted by Crippen LogP contribution is -2.54. The van der Waals surface area contributed by atoms with Crippen molar-refractivity contribution in [2.24, 2.45) is 0 Å². The highest BCUT2D eigenvalue weighted by molar-refractivity contribution is 5.92. The van der Waals surface area contributed by atoms with E-state index in [1.807, 2.05) is 60.7 Å². The van der Waals surface area contributed by atoms with Gasteiger partial charge in [0.25, 0.3) is 0 Å². The van der Waals surface area contributed by atoms with E-state index in [1.165, 1.54) is 11.8 Å². The summed E-state index contributed by atoms with van der Waals surface area (Å²) in [6.07, 6.45) is 0.724. The molecule has 3 amide bonds. The summed E-state index contributed by atoms with van der Waals surface area (Å²) in [5.41, 5.74) is 1.87. The zero-order chi connectivity index (χ0) is 20.5. The molecule has 2 aromatic carbocycles. The SMILES string of the molecule is CC(=O)N[C@@H](Cc1ccccc1)C(=O)N[C@@H](Cc1ccccc1)C(=O)N(C)C. The first-order valence-electron chi connectivity index (χ1n) is 9.23. The molecular weight excluding hydrogens is 354 g/mol. The number of hydrogen-bond acceptors (Lipinski definition) is 3. The summed E-state index contributed by atoms with van der Waals surface area (Å²) >= 11 is 0. The maximum atomic E-state index is 12.9. The third-order valence-corrected chi connectivity index (χ3v) is 4.31. The average molecular weight is 381 g/mol. The highest BCUT2D eigenvalue weighted by atomic mass is 16.2. The first-order chi connectivity index (χ1) is 13.4. The molecule has 0 aliphatic heterocycles. The van der Waals surface area contributed by atoms with Crippen LogP contribution in [0.4, 0.5) is 0 Å². The fourth-order valence-corrected chi connectivity index (χ4v) is 2.94. The van der Waals surface area contributed by atoms with Gasteiger partial charge < -0.3 is 15.5 Å². The molecule has 0 radical (unpaired) electrons. The summed E-state index contributed by atoms with van der Waals surface area (Å²) in [7, 11) is 3.31. The minimum absolute atomic E-state index is 0.196. The molecule has 0 saturated carbocycles. The molecule has 0 aliphatic carbocycles. The van der Waals surface area contributed by atoms with Crippen LogP contribution in [0.3, 0.4) is 0 Å². The second-order valence-electron chi connectivity index (χ2n) is 6.93. The molecule has 28 heavy (non-hydrogen) atoms. The summed E-state index contributed by atoms with van der Waals surface area (Å²) in [6.45, 7) is 1.37. The summed E-state index contributed by atoms with van der Waals surface area (Å²) in [6, 6.07) is 17.5. The Morgan fingerprint density at radius 3 is 1.68 bits per heavy atom. The van der Waals surface area contributed by atoms with Gasteiger partial charge in [-0.2, -0.15) is 0 Å². The van der Waals surface area contributed by atoms with Crippen LogP contribution in [0.5, 0.6) is 0 Å². The Balaban J connectivity index is 2.17. The maximum absolute atomic E-state index is 12.9. The molecule has 6 heteroatoms. The van der Waals surface area contributed by atoms with Crippen LogP contribution in [0.2, 0.25) is 0 Å². The number of nitrogens with zero attached hydrogens (tertiary/aromatic N) is 1. The number of likely N-dealkylation sites (N-methyl/N-ethyl adjacent to an activating group) is 1. The van der Waals surface area contributed by atoms with Gasteiger partial charge in [-0.3, -0.25) is 14.4 Å². The molecule has 0 aliphatic rings. The lowest BCUT2D eigenvalue weighted by Gasteiger charge is -2.25. The number of rotatable bonds is 8. The molecule has 2 atom stereocenters. The molecular formula is C22H27N3O3. The molecule has 6 nitrogen and oxygen atoms in total. The van der Waals surface area contributed by atoms with Gasteiger partial charge in [-0.15, -0.1) is 0 Å². The molecule has 148 valence electrons. The Morgan fingerprint density at radius 1 is 0.786 bits per heavy atom. The van der Waals surface area contributed by atoms with Gasteiger partial charge in [0.1, 0.15) is 12.1 Å². The highest BCUT2D eigenvalue weighted by Crippen LogP contribution is 2.08. The lowest BCUT2D eigenvalue weighted by atomic mass is 10.0. The van der Waals surface area contributed by atoms with Crippen LogP contribution >= 0.6 is 0 Å². The van der Waals surface area contributed by atoms with Crippen molar-refractivity contribution in [3.8, 4) is 0 Å². The van der Waals surface area contributed by atoms with Gasteiger partial charge in [-0.25, -0.2) is 0 Å². The van der Waals surface area contributed by atoms with Crippen LogP contribution in [0.1, 0.15) is 18.1 Å². The van der Waals surface area contributed by atoms with E-state index in [2.05, 4.69) is 10.6 Å². The topological polar surface area (TPSA) is 78.5 Å². The molecule has 0 unspecified atom stereocenters. The Hall–Kier alpha value is -3.15. The van der Waals surface area contributed by atoms with Crippen LogP contribution in [0.15, 0.2) is 60.7 Å². The average Bonchev–Trinajstić information content (AvgIpc) is 2.67. The highest BCUT2D eigenvalue weighted by Gasteiger charge is 2.27. The van der Waals surface area contributed by atoms with Gasteiger partial charge in [0.15, 0.2) is 0 Å². The van der Waals surface area contributed by atoms with Crippen LogP contribution in [0.25, 0.3) is 0 Å². The van der Waals surface area contributed by atoms with Crippen molar-refractivity contribution in [2.45, 2.75) is 31.8 Å². The van der Waals surface area contributed by atoms with Crippen molar-refractivity contribution in [2.75, 3.05) is 14.1 Å². The second-order valence-corrected chi connectivity index (χ2v) is 6.93. The van der Waals surface area contributed by atoms with Crippen molar-refractivity contribution in [3.05, 3.63) is 71.8 Å². The van der Waals surface area contributed by atoms with Crippen LogP contribution in [0, 0.1) is 0 Å². The van der Waals surface area contributed by atoms with Crippen LogP contribution in [-0.4, -0.2) is 48.8 Å². The Kier molecular flexibility index (Phi) is 7.75. The summed E-state index contributed by atoms with van der Waals surface area (Å²) < 4.78 is 0. The van der Waals surface area contributed by atoms with Crippen molar-refractivity contribution in [1.29, 1.82) is 0 Å². The molecule has 0 saturated heterocycles. The number of benzene rings is 2. The Bertz CT molecular complexity index is 791. The number of amides is 3. The van der Waals surface area contributed by atoms with Crippen LogP contribution < -0.4 is 10.6 Å². The standard InChI is InChI=1S/C22H27N3O3/c1-16(26)23-19(14-17-10-6-4-7-11-17)21(27)24-20(22(28)25(2)3)15-18-12-8-5-9-13-18/h4-13,19-20H,14-15H2,1-3H3,(H,23,26)(H,24,27)/t19-,20-/m0/s1. The largest absolute Gasteiger partial charge is 0.347 e. The van der Waals surface area contributed by atoms with Crippen molar-refractivity contribution in [3.63, 3.8) is 0 Å². The Morgan fingerprint density at radius 2 is 1.25 bits per heavy atom. The van der Waals surface area contributed by atoms with Gasteiger partial charge in [0.05, 0.1) is 0 Å². The minimum atomic E-state index is -0.756. The number of carbonyl (C=O) groups is 3. The van der Waals surface area contributed by atoms with Gasteiger partial charge in [0.2, 0.25) is 17.7 Å². The zero-order valence-corrected chi connectivity index (χ0v) is 16.5. The smallest absolute Gasteiger partial charge is 0.244 e. The zero-order valence-electron chi connectivity index (χ0n) is 16.5. The van der Waals surface area contributed by atoms with E-state index in [-0.39, 0.29) is 17.7 Å². The molecule has 0 heterocycles. The van der Waals surface area contributed by atoms with Gasteiger partial charge in [-0.1, -0.05) is 60.7 Å². The summed E-state index contributed by atoms with van der Waals surface area (Å²) in [5, 5.41) is 5.52. The van der Waals surface area contributed by atoms with E-state index in [4.69, 9.17) is 0 Å². The Labute approximate surface area is 165 Å². The number of hydrogen-bond donors (Lipinski definition) is 2. The molecule has 0 fully saturated rings. The van der Waals surface area contributed by atoms with E-state index in [1.54, 1.807) is 14.1 Å². The molecule has 0 spiro atoms. The van der Waals surface area contributed by atoms with Crippen LogP contribution in [-0.2, 0) is 27.2 Å². The van der Waals surface area contributed by atoms with Gasteiger partial charge in [0, 0.05) is 33.9 Å². The van der Waals surface area contributed by atoms with Crippen molar-refractivity contribution >= 4 is 17.7 Å². The quantitative estimate of drug-likeness (QED) is 0.728. The predicted octanol–water partition coefficient (Wildman–Crippen LogP) is 1.55. The molecule has 2 rings (SSSR count). The third-order valence-electron chi connectivity index (χ3n) is 4.31. The minimum Gasteiger partial charge on any atom is -0.347 e. The van der Waals surface area contributed by atoms with Gasteiger partial charge >= 0.3 is 0 Å². The first kappa shape index (κ1) is 21.2. The normalized spacial score (nSPS) is 12.5. The summed E-state index contributed by atoms with van der Waals surface area (Å²) in [4.78, 5) is 38.6. The van der Waals surface area contributed by atoms with Crippen molar-refractivity contribution < 1.29 is 14.4 Å². The second kappa shape index (κ2) is 10.3. The molecule has 2 aromatic rings. The maximum Gasteiger partial charge on any atom is 0.244 e. The van der Waals surface area contributed by atoms with E-state index in [0.29, 0.717) is 12.8 Å². The van der Waals surface area contributed by atoms with E-state index in [0.717, 1.165) is 11.1 Å². The van der Waals surface area contributed by atoms with E-state index >= 15 is 0 Å². The third kappa shape index (κ3) is 6.54. The first-order valence-corrected chi connectivity index (χ1v) is 9.23. The van der Waals surface area contributed by atoms with Gasteiger partial charge in [-0.05, 0) is 11.1 Å². The fraction of sp³-hybridized carbons (Fsp3) is 0.318. The predicted molar refractivity (Wildman–Crippen MR) is 109 cm³/mol. The summed E-state index contributed by atoms with van der Waals surface area (Å²) in [5.74, 6) is -0.872. The molecule has 0 bridgehead atoms. The van der Waals surface area contributed by atoms with E-state index in [9.17, 15) is 14.4 Å². The fourth-order valence-electron chi connectivity index (χ4n) is 2.94. The lowest BCUT2D eigenvalue weighted by molar-refractivity contribution is -0.135.